The van der Waals surface area contributed by atoms with E-state index in [2.05, 4.69) is 0 Å². The first-order valence-electron chi connectivity index (χ1n) is 12.9. The summed E-state index contributed by atoms with van der Waals surface area (Å²) >= 11 is 0. The van der Waals surface area contributed by atoms with Crippen LogP contribution in [0.2, 0.25) is 0 Å². The number of aliphatic hydroxyl groups excluding tert-OH is 3. The van der Waals surface area contributed by atoms with Crippen molar-refractivity contribution in [2.24, 2.45) is 23.3 Å². The van der Waals surface area contributed by atoms with Crippen molar-refractivity contribution in [3.8, 4) is 5.75 Å². The third kappa shape index (κ3) is 4.11. The summed E-state index contributed by atoms with van der Waals surface area (Å²) in [4.78, 5) is 38.2. The standard InChI is InChI=1S/C28H35N3O8/c1-11-12-7-8-13(27(2,3)9-5-4-6-16(29)30)21(33)18(12)23(35)20-17(11)22(34)14-10-15(32)19(26(31)38)24(36)28(14,39)25(20)37/h7-8,11,14,17,22,33-36,39H,4-6,9-10H2,1-3H3,(H3,29,30)(H2,31,38). The molecule has 5 unspecified atom stereocenters. The van der Waals surface area contributed by atoms with Crippen LogP contribution in [0.4, 0.5) is 0 Å². The van der Waals surface area contributed by atoms with Crippen LogP contribution in [0.1, 0.15) is 75.5 Å². The highest BCUT2D eigenvalue weighted by atomic mass is 16.4. The Morgan fingerprint density at radius 1 is 1.15 bits per heavy atom. The maximum absolute atomic E-state index is 13.8. The Labute approximate surface area is 225 Å². The first kappa shape index (κ1) is 28.3. The topological polar surface area (TPSA) is 228 Å². The van der Waals surface area contributed by atoms with Gasteiger partial charge in [-0.2, -0.15) is 0 Å². The number of phenolic OH excluding ortho intramolecular Hbond substituents is 1. The first-order chi connectivity index (χ1) is 18.1. The van der Waals surface area contributed by atoms with Crippen LogP contribution in [0, 0.1) is 17.2 Å². The van der Waals surface area contributed by atoms with E-state index in [0.29, 0.717) is 30.4 Å². The minimum absolute atomic E-state index is 0.0175. The number of carbonyl (C=O) groups excluding carboxylic acids is 3. The van der Waals surface area contributed by atoms with E-state index >= 15 is 0 Å². The van der Waals surface area contributed by atoms with Gasteiger partial charge in [0.05, 0.1) is 17.5 Å². The number of hydrogen-bond donors (Lipinski definition) is 8. The molecule has 0 spiro atoms. The maximum Gasteiger partial charge on any atom is 0.255 e. The fraction of sp³-hybridized carbons (Fsp3) is 0.500. The highest BCUT2D eigenvalue weighted by molar-refractivity contribution is 6.23. The smallest absolute Gasteiger partial charge is 0.255 e. The van der Waals surface area contributed by atoms with E-state index in [1.807, 2.05) is 13.8 Å². The summed E-state index contributed by atoms with van der Waals surface area (Å²) in [6, 6.07) is 3.45. The fourth-order valence-electron chi connectivity index (χ4n) is 6.56. The number of aliphatic hydroxyl groups is 4. The molecular formula is C28H35N3O8. The van der Waals surface area contributed by atoms with E-state index in [-0.39, 0.29) is 17.1 Å². The number of unbranched alkanes of at least 4 members (excludes halogenated alkanes) is 1. The van der Waals surface area contributed by atoms with Crippen LogP contribution in [-0.4, -0.2) is 60.5 Å². The Morgan fingerprint density at radius 2 is 1.79 bits per heavy atom. The van der Waals surface area contributed by atoms with Crippen molar-refractivity contribution < 1.29 is 39.9 Å². The number of primary amides is 1. The maximum atomic E-state index is 13.8. The van der Waals surface area contributed by atoms with Crippen molar-refractivity contribution in [1.29, 1.82) is 5.41 Å². The number of Topliss-reactive ketones (excluding diaryl/α,β-unsaturated/α-hetero) is 2. The molecule has 0 aliphatic heterocycles. The van der Waals surface area contributed by atoms with E-state index in [0.717, 1.165) is 6.42 Å². The molecule has 0 bridgehead atoms. The number of nitrogens with one attached hydrogen (secondary N) is 1. The number of amidine groups is 1. The van der Waals surface area contributed by atoms with E-state index in [1.165, 1.54) is 0 Å². The third-order valence-electron chi connectivity index (χ3n) is 8.73. The number of hydrogen-bond acceptors (Lipinski definition) is 9. The molecule has 1 aromatic carbocycles. The van der Waals surface area contributed by atoms with E-state index in [4.69, 9.17) is 16.9 Å². The number of carbonyl (C=O) groups is 3. The Kier molecular flexibility index (Phi) is 6.89. The zero-order valence-electron chi connectivity index (χ0n) is 22.1. The number of fused-ring (bicyclic) bond motifs is 3. The highest BCUT2D eigenvalue weighted by Crippen LogP contribution is 2.56. The van der Waals surface area contributed by atoms with Crippen LogP contribution in [0.3, 0.4) is 0 Å². The summed E-state index contributed by atoms with van der Waals surface area (Å²) < 4.78 is 0. The molecule has 11 heteroatoms. The van der Waals surface area contributed by atoms with Gasteiger partial charge in [-0.1, -0.05) is 39.3 Å². The molecule has 1 amide bonds. The summed E-state index contributed by atoms with van der Waals surface area (Å²) in [6.45, 7) is 5.52. The lowest BCUT2D eigenvalue weighted by molar-refractivity contribution is -0.160. The van der Waals surface area contributed by atoms with Gasteiger partial charge in [-0.25, -0.2) is 0 Å². The highest BCUT2D eigenvalue weighted by Gasteiger charge is 2.65. The number of rotatable bonds is 7. The molecule has 210 valence electrons. The molecule has 3 aliphatic rings. The fourth-order valence-corrected chi connectivity index (χ4v) is 6.56. The van der Waals surface area contributed by atoms with E-state index in [1.54, 1.807) is 19.1 Å². The predicted octanol–water partition coefficient (Wildman–Crippen LogP) is 1.73. The molecular weight excluding hydrogens is 506 g/mol. The molecule has 0 saturated heterocycles. The molecule has 0 aromatic heterocycles. The average Bonchev–Trinajstić information content (AvgIpc) is 2.84. The summed E-state index contributed by atoms with van der Waals surface area (Å²) in [5.41, 5.74) is 6.84. The molecule has 11 nitrogen and oxygen atoms in total. The van der Waals surface area contributed by atoms with Crippen molar-refractivity contribution >= 4 is 29.1 Å². The lowest BCUT2D eigenvalue weighted by Gasteiger charge is -2.50. The Hall–Kier alpha value is -3.70. The molecule has 1 fully saturated rings. The number of nitrogens with two attached hydrogens (primary N) is 2. The van der Waals surface area contributed by atoms with E-state index in [9.17, 15) is 39.9 Å². The molecule has 39 heavy (non-hydrogen) atoms. The summed E-state index contributed by atoms with van der Waals surface area (Å²) in [5.74, 6) is -8.64. The number of phenols is 1. The van der Waals surface area contributed by atoms with Gasteiger partial charge in [0.25, 0.3) is 5.91 Å². The molecule has 3 aliphatic carbocycles. The van der Waals surface area contributed by atoms with Crippen LogP contribution in [0.15, 0.2) is 29.0 Å². The van der Waals surface area contributed by atoms with Crippen molar-refractivity contribution in [2.75, 3.05) is 0 Å². The van der Waals surface area contributed by atoms with Crippen molar-refractivity contribution in [1.82, 2.24) is 0 Å². The van der Waals surface area contributed by atoms with Gasteiger partial charge in [0.1, 0.15) is 22.8 Å². The van der Waals surface area contributed by atoms with Gasteiger partial charge >= 0.3 is 0 Å². The van der Waals surface area contributed by atoms with Gasteiger partial charge in [0.2, 0.25) is 5.78 Å². The number of amides is 1. The van der Waals surface area contributed by atoms with Crippen LogP contribution in [-0.2, 0) is 19.8 Å². The largest absolute Gasteiger partial charge is 0.508 e. The SMILES string of the molecule is CC1c2ccc(C(C)(C)CCCCC(=N)N)c(O)c2C(O)=C2C(=O)C3(O)C(O)=C(C(N)=O)C(=O)CC3C(O)C21. The average molecular weight is 542 g/mol. The van der Waals surface area contributed by atoms with Crippen LogP contribution in [0.5, 0.6) is 5.75 Å². The lowest BCUT2D eigenvalue weighted by Crippen LogP contribution is -2.63. The predicted molar refractivity (Wildman–Crippen MR) is 141 cm³/mol. The van der Waals surface area contributed by atoms with Gasteiger partial charge in [0, 0.05) is 35.8 Å². The van der Waals surface area contributed by atoms with Gasteiger partial charge in [-0.3, -0.25) is 19.8 Å². The Morgan fingerprint density at radius 3 is 2.38 bits per heavy atom. The van der Waals surface area contributed by atoms with Gasteiger partial charge in [0.15, 0.2) is 11.4 Å². The summed E-state index contributed by atoms with van der Waals surface area (Å²) in [7, 11) is 0. The molecule has 1 saturated carbocycles. The summed E-state index contributed by atoms with van der Waals surface area (Å²) in [6.07, 6.45) is 0.323. The minimum Gasteiger partial charge on any atom is -0.508 e. The lowest BCUT2D eigenvalue weighted by atomic mass is 9.55. The monoisotopic (exact) mass is 541 g/mol. The van der Waals surface area contributed by atoms with Crippen molar-refractivity contribution in [3.63, 3.8) is 0 Å². The molecule has 0 radical (unpaired) electrons. The Bertz CT molecular complexity index is 1360. The summed E-state index contributed by atoms with van der Waals surface area (Å²) in [5, 5.41) is 63.7. The molecule has 0 heterocycles. The molecule has 1 aromatic rings. The van der Waals surface area contributed by atoms with Gasteiger partial charge < -0.3 is 37.0 Å². The molecule has 10 N–H and O–H groups in total. The number of aromatic hydroxyl groups is 1. The molecule has 5 atom stereocenters. The second-order valence-corrected chi connectivity index (χ2v) is 11.5. The Balaban J connectivity index is 1.85. The number of benzene rings is 1. The first-order valence-corrected chi connectivity index (χ1v) is 12.9. The van der Waals surface area contributed by atoms with Gasteiger partial charge in [-0.15, -0.1) is 0 Å². The van der Waals surface area contributed by atoms with Crippen LogP contribution >= 0.6 is 0 Å². The second-order valence-electron chi connectivity index (χ2n) is 11.5. The van der Waals surface area contributed by atoms with Crippen molar-refractivity contribution in [2.45, 2.75) is 75.9 Å². The zero-order valence-corrected chi connectivity index (χ0v) is 22.1. The van der Waals surface area contributed by atoms with Gasteiger partial charge in [-0.05, 0) is 29.7 Å². The van der Waals surface area contributed by atoms with E-state index < -0.39 is 81.4 Å². The normalized spacial score (nSPS) is 28.6. The quantitative estimate of drug-likeness (QED) is 0.109. The van der Waals surface area contributed by atoms with Crippen LogP contribution in [0.25, 0.3) is 5.76 Å². The van der Waals surface area contributed by atoms with Crippen LogP contribution < -0.4 is 11.5 Å². The zero-order chi connectivity index (χ0) is 29.2. The van der Waals surface area contributed by atoms with Crippen molar-refractivity contribution in [3.05, 3.63) is 45.7 Å². The second kappa shape index (κ2) is 9.49. The minimum atomic E-state index is -2.86. The third-order valence-corrected chi connectivity index (χ3v) is 8.73. The molecule has 4 rings (SSSR count). The number of ketones is 2.